The average Bonchev–Trinajstić information content (AvgIpc) is 2.51. The second-order valence-corrected chi connectivity index (χ2v) is 5.22. The number of hydrogen-bond acceptors (Lipinski definition) is 3. The van der Waals surface area contributed by atoms with Crippen LogP contribution >= 0.6 is 0 Å². The van der Waals surface area contributed by atoms with Crippen molar-refractivity contribution in [2.45, 2.75) is 26.3 Å². The lowest BCUT2D eigenvalue weighted by Crippen LogP contribution is -2.30. The maximum Gasteiger partial charge on any atom is 0.259 e. The minimum atomic E-state index is -0.340. The van der Waals surface area contributed by atoms with E-state index in [1.54, 1.807) is 25.2 Å². The molecule has 22 heavy (non-hydrogen) atoms. The SMILES string of the molecule is CCNC(CC)c1c(O)cc(-c2ccc(F)cc2)n(C)c1=O. The molecule has 0 amide bonds. The molecule has 1 aromatic carbocycles. The summed E-state index contributed by atoms with van der Waals surface area (Å²) in [5.74, 6) is -0.372. The topological polar surface area (TPSA) is 54.3 Å². The molecule has 1 unspecified atom stereocenters. The Balaban J connectivity index is 2.58. The molecule has 0 saturated heterocycles. The second-order valence-electron chi connectivity index (χ2n) is 5.22. The van der Waals surface area contributed by atoms with Gasteiger partial charge in [0.1, 0.15) is 11.6 Å². The highest BCUT2D eigenvalue weighted by Gasteiger charge is 2.20. The highest BCUT2D eigenvalue weighted by molar-refractivity contribution is 5.62. The maximum absolute atomic E-state index is 13.0. The Morgan fingerprint density at radius 2 is 1.91 bits per heavy atom. The number of halogens is 1. The molecule has 0 aliphatic carbocycles. The van der Waals surface area contributed by atoms with Crippen molar-refractivity contribution in [1.29, 1.82) is 0 Å². The van der Waals surface area contributed by atoms with Gasteiger partial charge >= 0.3 is 0 Å². The van der Waals surface area contributed by atoms with E-state index in [2.05, 4.69) is 5.32 Å². The van der Waals surface area contributed by atoms with Crippen LogP contribution < -0.4 is 10.9 Å². The van der Waals surface area contributed by atoms with Gasteiger partial charge in [0.25, 0.3) is 5.56 Å². The summed E-state index contributed by atoms with van der Waals surface area (Å²) >= 11 is 0. The summed E-state index contributed by atoms with van der Waals surface area (Å²) in [6.45, 7) is 4.62. The second kappa shape index (κ2) is 6.75. The summed E-state index contributed by atoms with van der Waals surface area (Å²) in [6.07, 6.45) is 0.701. The van der Waals surface area contributed by atoms with Gasteiger partial charge in [0.15, 0.2) is 0 Å². The highest BCUT2D eigenvalue weighted by Crippen LogP contribution is 2.28. The number of benzene rings is 1. The fraction of sp³-hybridized carbons (Fsp3) is 0.353. The average molecular weight is 304 g/mol. The van der Waals surface area contributed by atoms with Gasteiger partial charge in [-0.15, -0.1) is 0 Å². The van der Waals surface area contributed by atoms with Gasteiger partial charge in [0.05, 0.1) is 11.3 Å². The minimum Gasteiger partial charge on any atom is -0.507 e. The lowest BCUT2D eigenvalue weighted by Gasteiger charge is -2.19. The number of nitrogens with one attached hydrogen (secondary N) is 1. The van der Waals surface area contributed by atoms with Gasteiger partial charge in [0, 0.05) is 19.2 Å². The van der Waals surface area contributed by atoms with Gasteiger partial charge in [0.2, 0.25) is 0 Å². The van der Waals surface area contributed by atoms with Crippen molar-refractivity contribution >= 4 is 0 Å². The normalized spacial score (nSPS) is 12.4. The Morgan fingerprint density at radius 3 is 2.45 bits per heavy atom. The number of aromatic hydroxyl groups is 1. The molecule has 4 nitrogen and oxygen atoms in total. The quantitative estimate of drug-likeness (QED) is 0.893. The van der Waals surface area contributed by atoms with E-state index in [0.29, 0.717) is 29.8 Å². The molecule has 0 fully saturated rings. The largest absolute Gasteiger partial charge is 0.507 e. The fourth-order valence-corrected chi connectivity index (χ4v) is 2.63. The van der Waals surface area contributed by atoms with E-state index in [4.69, 9.17) is 0 Å². The molecule has 0 aliphatic heterocycles. The molecule has 0 bridgehead atoms. The van der Waals surface area contributed by atoms with Crippen molar-refractivity contribution < 1.29 is 9.50 Å². The molecule has 2 aromatic rings. The Morgan fingerprint density at radius 1 is 1.27 bits per heavy atom. The number of pyridine rings is 1. The fourth-order valence-electron chi connectivity index (χ4n) is 2.63. The summed E-state index contributed by atoms with van der Waals surface area (Å²) in [4.78, 5) is 12.6. The van der Waals surface area contributed by atoms with Gasteiger partial charge in [-0.3, -0.25) is 4.79 Å². The third-order valence-electron chi connectivity index (χ3n) is 3.79. The van der Waals surface area contributed by atoms with Crippen LogP contribution in [0.1, 0.15) is 31.9 Å². The number of rotatable bonds is 5. The lowest BCUT2D eigenvalue weighted by atomic mass is 10.0. The summed E-state index contributed by atoms with van der Waals surface area (Å²) in [6, 6.07) is 7.21. The van der Waals surface area contributed by atoms with Crippen LogP contribution in [-0.2, 0) is 7.05 Å². The van der Waals surface area contributed by atoms with E-state index in [9.17, 15) is 14.3 Å². The van der Waals surface area contributed by atoms with E-state index >= 15 is 0 Å². The lowest BCUT2D eigenvalue weighted by molar-refractivity contribution is 0.438. The highest BCUT2D eigenvalue weighted by atomic mass is 19.1. The first-order valence-corrected chi connectivity index (χ1v) is 7.41. The molecular weight excluding hydrogens is 283 g/mol. The molecule has 1 heterocycles. The molecule has 2 rings (SSSR count). The predicted octanol–water partition coefficient (Wildman–Crippen LogP) is 2.96. The van der Waals surface area contributed by atoms with Crippen LogP contribution in [0.5, 0.6) is 5.75 Å². The van der Waals surface area contributed by atoms with Crippen molar-refractivity contribution in [3.05, 3.63) is 52.1 Å². The molecule has 0 saturated carbocycles. The molecule has 0 aliphatic rings. The predicted molar refractivity (Wildman–Crippen MR) is 85.5 cm³/mol. The molecule has 0 radical (unpaired) electrons. The van der Waals surface area contributed by atoms with E-state index in [1.165, 1.54) is 16.7 Å². The Bertz CT molecular complexity index is 708. The van der Waals surface area contributed by atoms with E-state index in [-0.39, 0.29) is 23.2 Å². The van der Waals surface area contributed by atoms with Gasteiger partial charge in [-0.1, -0.05) is 13.8 Å². The zero-order chi connectivity index (χ0) is 16.3. The van der Waals surface area contributed by atoms with Crippen LogP contribution in [0.4, 0.5) is 4.39 Å². The van der Waals surface area contributed by atoms with Crippen LogP contribution in [0.3, 0.4) is 0 Å². The summed E-state index contributed by atoms with van der Waals surface area (Å²) < 4.78 is 14.5. The molecule has 1 atom stereocenters. The van der Waals surface area contributed by atoms with Crippen molar-refractivity contribution in [3.63, 3.8) is 0 Å². The zero-order valence-corrected chi connectivity index (χ0v) is 13.1. The number of aromatic nitrogens is 1. The smallest absolute Gasteiger partial charge is 0.259 e. The number of hydrogen-bond donors (Lipinski definition) is 2. The Labute approximate surface area is 129 Å². The summed E-state index contributed by atoms with van der Waals surface area (Å²) in [5.41, 5.74) is 1.36. The molecular formula is C17H21FN2O2. The van der Waals surface area contributed by atoms with Crippen molar-refractivity contribution in [2.24, 2.45) is 7.05 Å². The minimum absolute atomic E-state index is 0.0322. The van der Waals surface area contributed by atoms with Gasteiger partial charge in [-0.05, 0) is 42.8 Å². The van der Waals surface area contributed by atoms with Crippen molar-refractivity contribution in [2.75, 3.05) is 6.54 Å². The standard InChI is InChI=1S/C17H21FN2O2/c1-4-13(19-5-2)16-15(21)10-14(20(3)17(16)22)11-6-8-12(18)9-7-11/h6-10,13,19,21H,4-5H2,1-3H3. The van der Waals surface area contributed by atoms with E-state index < -0.39 is 0 Å². The molecule has 1 aromatic heterocycles. The van der Waals surface area contributed by atoms with E-state index in [1.807, 2.05) is 13.8 Å². The first-order chi connectivity index (χ1) is 10.5. The third kappa shape index (κ3) is 3.04. The Kier molecular flexibility index (Phi) is 4.98. The van der Waals surface area contributed by atoms with Crippen LogP contribution in [0.15, 0.2) is 35.1 Å². The van der Waals surface area contributed by atoms with Gasteiger partial charge < -0.3 is 15.0 Å². The summed E-state index contributed by atoms with van der Waals surface area (Å²) in [5, 5.41) is 13.5. The molecule has 0 spiro atoms. The Hall–Kier alpha value is -2.14. The third-order valence-corrected chi connectivity index (χ3v) is 3.79. The molecule has 2 N–H and O–H groups in total. The van der Waals surface area contributed by atoms with Gasteiger partial charge in [-0.2, -0.15) is 0 Å². The first kappa shape index (κ1) is 16.2. The van der Waals surface area contributed by atoms with Crippen LogP contribution in [-0.4, -0.2) is 16.2 Å². The number of nitrogens with zero attached hydrogens (tertiary/aromatic N) is 1. The van der Waals surface area contributed by atoms with Crippen molar-refractivity contribution in [3.8, 4) is 17.0 Å². The van der Waals surface area contributed by atoms with Crippen molar-refractivity contribution in [1.82, 2.24) is 9.88 Å². The van der Waals surface area contributed by atoms with Crippen LogP contribution in [0.25, 0.3) is 11.3 Å². The van der Waals surface area contributed by atoms with E-state index in [0.717, 1.165) is 0 Å². The van der Waals surface area contributed by atoms with Crippen LogP contribution in [0.2, 0.25) is 0 Å². The zero-order valence-electron chi connectivity index (χ0n) is 13.1. The maximum atomic E-state index is 13.0. The molecule has 118 valence electrons. The van der Waals surface area contributed by atoms with Gasteiger partial charge in [-0.25, -0.2) is 4.39 Å². The summed E-state index contributed by atoms with van der Waals surface area (Å²) in [7, 11) is 1.66. The monoisotopic (exact) mass is 304 g/mol. The van der Waals surface area contributed by atoms with Crippen LogP contribution in [0, 0.1) is 5.82 Å². The first-order valence-electron chi connectivity index (χ1n) is 7.41. The molecule has 5 heteroatoms.